The monoisotopic (exact) mass is 368 g/mol. The molecule has 3 rings (SSSR count). The van der Waals surface area contributed by atoms with Crippen LogP contribution in [0.15, 0.2) is 36.4 Å². The normalized spacial score (nSPS) is 16.4. The molecule has 0 radical (unpaired) electrons. The SMILES string of the molecule is COc1ccc(OC)c(N2CC(C(=O)Nc3cccc(C)c3C)CC2=O)c1. The lowest BCUT2D eigenvalue weighted by molar-refractivity contribution is -0.122. The molecule has 2 amide bonds. The topological polar surface area (TPSA) is 67.9 Å². The number of methoxy groups -OCH3 is 2. The van der Waals surface area contributed by atoms with Crippen LogP contribution in [0.4, 0.5) is 11.4 Å². The lowest BCUT2D eigenvalue weighted by atomic mass is 10.1. The van der Waals surface area contributed by atoms with Crippen molar-refractivity contribution in [2.24, 2.45) is 5.92 Å². The van der Waals surface area contributed by atoms with Gasteiger partial charge >= 0.3 is 0 Å². The van der Waals surface area contributed by atoms with Crippen molar-refractivity contribution in [2.45, 2.75) is 20.3 Å². The summed E-state index contributed by atoms with van der Waals surface area (Å²) in [6.45, 7) is 4.28. The molecular weight excluding hydrogens is 344 g/mol. The summed E-state index contributed by atoms with van der Waals surface area (Å²) in [4.78, 5) is 26.9. The fraction of sp³-hybridized carbons (Fsp3) is 0.333. The predicted octanol–water partition coefficient (Wildman–Crippen LogP) is 3.31. The summed E-state index contributed by atoms with van der Waals surface area (Å²) in [6, 6.07) is 11.1. The largest absolute Gasteiger partial charge is 0.497 e. The maximum atomic E-state index is 12.7. The summed E-state index contributed by atoms with van der Waals surface area (Å²) in [5.74, 6) is 0.513. The van der Waals surface area contributed by atoms with Gasteiger partial charge in [-0.05, 0) is 43.2 Å². The molecule has 2 aromatic rings. The zero-order valence-electron chi connectivity index (χ0n) is 16.0. The third-order valence-electron chi connectivity index (χ3n) is 5.04. The lowest BCUT2D eigenvalue weighted by Crippen LogP contribution is -2.28. The summed E-state index contributed by atoms with van der Waals surface area (Å²) in [7, 11) is 3.12. The average molecular weight is 368 g/mol. The van der Waals surface area contributed by atoms with Gasteiger partial charge in [0, 0.05) is 24.7 Å². The number of ether oxygens (including phenoxy) is 2. The van der Waals surface area contributed by atoms with Gasteiger partial charge in [-0.2, -0.15) is 0 Å². The molecule has 1 atom stereocenters. The highest BCUT2D eigenvalue weighted by Crippen LogP contribution is 2.36. The number of rotatable bonds is 5. The number of carbonyl (C=O) groups excluding carboxylic acids is 2. The average Bonchev–Trinajstić information content (AvgIpc) is 3.06. The molecule has 1 aliphatic rings. The Balaban J connectivity index is 1.79. The number of hydrogen-bond donors (Lipinski definition) is 1. The maximum Gasteiger partial charge on any atom is 0.229 e. The van der Waals surface area contributed by atoms with Crippen molar-refractivity contribution in [1.29, 1.82) is 0 Å². The molecule has 1 saturated heterocycles. The van der Waals surface area contributed by atoms with Gasteiger partial charge in [-0.1, -0.05) is 12.1 Å². The van der Waals surface area contributed by atoms with Crippen LogP contribution >= 0.6 is 0 Å². The highest BCUT2D eigenvalue weighted by atomic mass is 16.5. The standard InChI is InChI=1S/C21H24N2O4/c1-13-6-5-7-17(14(13)2)22-21(25)15-10-20(24)23(12-15)18-11-16(26-3)8-9-19(18)27-4/h5-9,11,15H,10,12H2,1-4H3,(H,22,25). The van der Waals surface area contributed by atoms with Crippen LogP contribution in [0.2, 0.25) is 0 Å². The van der Waals surface area contributed by atoms with Gasteiger partial charge in [-0.15, -0.1) is 0 Å². The Morgan fingerprint density at radius 1 is 1.15 bits per heavy atom. The molecule has 1 unspecified atom stereocenters. The molecule has 6 heteroatoms. The van der Waals surface area contributed by atoms with Gasteiger partial charge in [0.15, 0.2) is 0 Å². The molecule has 27 heavy (non-hydrogen) atoms. The number of amides is 2. The maximum absolute atomic E-state index is 12.7. The Morgan fingerprint density at radius 2 is 1.93 bits per heavy atom. The van der Waals surface area contributed by atoms with E-state index in [1.54, 1.807) is 37.3 Å². The van der Waals surface area contributed by atoms with E-state index < -0.39 is 5.92 Å². The lowest BCUT2D eigenvalue weighted by Gasteiger charge is -2.20. The zero-order valence-corrected chi connectivity index (χ0v) is 16.0. The third-order valence-corrected chi connectivity index (χ3v) is 5.04. The van der Waals surface area contributed by atoms with Gasteiger partial charge in [-0.3, -0.25) is 9.59 Å². The molecule has 1 N–H and O–H groups in total. The van der Waals surface area contributed by atoms with Crippen LogP contribution in [0.5, 0.6) is 11.5 Å². The third kappa shape index (κ3) is 3.74. The van der Waals surface area contributed by atoms with E-state index in [-0.39, 0.29) is 18.2 Å². The minimum absolute atomic E-state index is 0.109. The Labute approximate surface area is 159 Å². The van der Waals surface area contributed by atoms with E-state index in [0.717, 1.165) is 16.8 Å². The van der Waals surface area contributed by atoms with Gasteiger partial charge in [0.05, 0.1) is 25.8 Å². The summed E-state index contributed by atoms with van der Waals surface area (Å²) >= 11 is 0. The highest BCUT2D eigenvalue weighted by molar-refractivity contribution is 6.04. The second kappa shape index (κ2) is 7.70. The summed E-state index contributed by atoms with van der Waals surface area (Å²) in [6.07, 6.45) is 0.164. The number of benzene rings is 2. The van der Waals surface area contributed by atoms with Crippen molar-refractivity contribution in [3.63, 3.8) is 0 Å². The summed E-state index contributed by atoms with van der Waals surface area (Å²) in [5, 5.41) is 2.96. The molecule has 2 aromatic carbocycles. The summed E-state index contributed by atoms with van der Waals surface area (Å²) in [5.41, 5.74) is 3.54. The molecule has 0 spiro atoms. The Bertz CT molecular complexity index is 878. The highest BCUT2D eigenvalue weighted by Gasteiger charge is 2.36. The van der Waals surface area contributed by atoms with Crippen LogP contribution in [0.3, 0.4) is 0 Å². The molecule has 0 aromatic heterocycles. The van der Waals surface area contributed by atoms with Crippen molar-refractivity contribution >= 4 is 23.2 Å². The quantitative estimate of drug-likeness (QED) is 0.879. The van der Waals surface area contributed by atoms with Crippen molar-refractivity contribution in [3.8, 4) is 11.5 Å². The van der Waals surface area contributed by atoms with Crippen molar-refractivity contribution in [1.82, 2.24) is 0 Å². The van der Waals surface area contributed by atoms with E-state index in [0.29, 0.717) is 23.7 Å². The first kappa shape index (κ1) is 18.8. The molecule has 142 valence electrons. The number of hydrogen-bond acceptors (Lipinski definition) is 4. The molecule has 1 heterocycles. The summed E-state index contributed by atoms with van der Waals surface area (Å²) < 4.78 is 10.6. The van der Waals surface area contributed by atoms with Gasteiger partial charge in [0.1, 0.15) is 11.5 Å². The smallest absolute Gasteiger partial charge is 0.229 e. The van der Waals surface area contributed by atoms with Gasteiger partial charge in [0.2, 0.25) is 11.8 Å². The van der Waals surface area contributed by atoms with Gasteiger partial charge < -0.3 is 19.7 Å². The fourth-order valence-corrected chi connectivity index (χ4v) is 3.25. The molecule has 0 saturated carbocycles. The van der Waals surface area contributed by atoms with E-state index >= 15 is 0 Å². The van der Waals surface area contributed by atoms with E-state index in [1.807, 2.05) is 32.0 Å². The van der Waals surface area contributed by atoms with Gasteiger partial charge in [0.25, 0.3) is 0 Å². The van der Waals surface area contributed by atoms with Crippen molar-refractivity contribution < 1.29 is 19.1 Å². The van der Waals surface area contributed by atoms with E-state index in [2.05, 4.69) is 5.32 Å². The first-order chi connectivity index (χ1) is 12.9. The Morgan fingerprint density at radius 3 is 2.63 bits per heavy atom. The van der Waals surface area contributed by atoms with Crippen LogP contribution in [-0.4, -0.2) is 32.6 Å². The predicted molar refractivity (Wildman–Crippen MR) is 105 cm³/mol. The van der Waals surface area contributed by atoms with Gasteiger partial charge in [-0.25, -0.2) is 0 Å². The van der Waals surface area contributed by atoms with Crippen LogP contribution < -0.4 is 19.7 Å². The second-order valence-electron chi connectivity index (χ2n) is 6.68. The molecule has 0 bridgehead atoms. The number of anilines is 2. The van der Waals surface area contributed by atoms with Crippen LogP contribution in [0.25, 0.3) is 0 Å². The fourth-order valence-electron chi connectivity index (χ4n) is 3.25. The molecule has 0 aliphatic carbocycles. The van der Waals surface area contributed by atoms with Crippen molar-refractivity contribution in [2.75, 3.05) is 31.0 Å². The minimum atomic E-state index is -0.423. The molecule has 1 aliphatic heterocycles. The molecule has 1 fully saturated rings. The van der Waals surface area contributed by atoms with E-state index in [9.17, 15) is 9.59 Å². The number of aryl methyl sites for hydroxylation is 1. The van der Waals surface area contributed by atoms with E-state index in [1.165, 1.54) is 0 Å². The number of nitrogens with zero attached hydrogens (tertiary/aromatic N) is 1. The number of nitrogens with one attached hydrogen (secondary N) is 1. The first-order valence-electron chi connectivity index (χ1n) is 8.84. The Hall–Kier alpha value is -3.02. The van der Waals surface area contributed by atoms with Crippen LogP contribution in [0, 0.1) is 19.8 Å². The van der Waals surface area contributed by atoms with E-state index in [4.69, 9.17) is 9.47 Å². The number of carbonyl (C=O) groups is 2. The first-order valence-corrected chi connectivity index (χ1v) is 8.84. The van der Waals surface area contributed by atoms with Crippen LogP contribution in [0.1, 0.15) is 17.5 Å². The van der Waals surface area contributed by atoms with Crippen molar-refractivity contribution in [3.05, 3.63) is 47.5 Å². The Kier molecular flexibility index (Phi) is 5.35. The van der Waals surface area contributed by atoms with Crippen LogP contribution in [-0.2, 0) is 9.59 Å². The molecular formula is C21H24N2O4. The minimum Gasteiger partial charge on any atom is -0.497 e. The molecule has 6 nitrogen and oxygen atoms in total. The zero-order chi connectivity index (χ0) is 19.6. The second-order valence-corrected chi connectivity index (χ2v) is 6.68.